The maximum absolute atomic E-state index is 13.0. The first-order valence-electron chi connectivity index (χ1n) is 10.6. The molecular weight excluding hydrogens is 458 g/mol. The molecule has 2 heterocycles. The molecular formula is C23H27N5O3S2. The Morgan fingerprint density at radius 2 is 2.00 bits per heavy atom. The van der Waals surface area contributed by atoms with E-state index in [-0.39, 0.29) is 30.1 Å². The Balaban J connectivity index is 1.56. The number of hydrogen-bond acceptors (Lipinski definition) is 8. The first kappa shape index (κ1) is 24.7. The van der Waals surface area contributed by atoms with Gasteiger partial charge in [-0.1, -0.05) is 37.3 Å². The van der Waals surface area contributed by atoms with Gasteiger partial charge in [0.2, 0.25) is 5.91 Å². The van der Waals surface area contributed by atoms with Gasteiger partial charge in [-0.15, -0.1) is 23.1 Å². The molecule has 0 aliphatic heterocycles. The number of thiazole rings is 1. The predicted molar refractivity (Wildman–Crippen MR) is 133 cm³/mol. The zero-order chi connectivity index (χ0) is 23.6. The molecule has 0 saturated carbocycles. The van der Waals surface area contributed by atoms with Gasteiger partial charge in [0.15, 0.2) is 11.6 Å². The van der Waals surface area contributed by atoms with Gasteiger partial charge >= 0.3 is 0 Å². The van der Waals surface area contributed by atoms with Gasteiger partial charge < -0.3 is 10.6 Å². The molecule has 8 nitrogen and oxygen atoms in total. The van der Waals surface area contributed by atoms with Gasteiger partial charge in [0.25, 0.3) is 5.56 Å². The summed E-state index contributed by atoms with van der Waals surface area (Å²) in [7, 11) is 0. The van der Waals surface area contributed by atoms with E-state index < -0.39 is 11.6 Å². The summed E-state index contributed by atoms with van der Waals surface area (Å²) in [6.07, 6.45) is 3.37. The van der Waals surface area contributed by atoms with Crippen LogP contribution >= 0.6 is 23.1 Å². The van der Waals surface area contributed by atoms with Crippen molar-refractivity contribution in [1.29, 1.82) is 0 Å². The number of carbonyl (C=O) groups is 2. The third-order valence-corrected chi connectivity index (χ3v) is 6.64. The lowest BCUT2D eigenvalue weighted by atomic mass is 10.2. The van der Waals surface area contributed by atoms with Crippen LogP contribution < -0.4 is 16.2 Å². The highest BCUT2D eigenvalue weighted by Gasteiger charge is 2.22. The highest BCUT2D eigenvalue weighted by atomic mass is 32.2. The smallest absolute Gasteiger partial charge is 0.294 e. The SMILES string of the molecule is CCC(C(=O)NCC(=O)CSCc1ccccc1)n1ccnc(NC(C)c2cscn2)c1=O. The lowest BCUT2D eigenvalue weighted by molar-refractivity contribution is -0.127. The van der Waals surface area contributed by atoms with Crippen LogP contribution in [-0.2, 0) is 15.3 Å². The topological polar surface area (TPSA) is 106 Å². The highest BCUT2D eigenvalue weighted by molar-refractivity contribution is 7.99. The van der Waals surface area contributed by atoms with Crippen molar-refractivity contribution in [1.82, 2.24) is 19.9 Å². The number of benzene rings is 1. The van der Waals surface area contributed by atoms with Gasteiger partial charge in [0, 0.05) is 23.5 Å². The molecule has 0 aliphatic carbocycles. The summed E-state index contributed by atoms with van der Waals surface area (Å²) >= 11 is 2.98. The summed E-state index contributed by atoms with van der Waals surface area (Å²) in [5.41, 5.74) is 3.29. The molecule has 0 spiro atoms. The van der Waals surface area contributed by atoms with Crippen molar-refractivity contribution < 1.29 is 9.59 Å². The van der Waals surface area contributed by atoms with Crippen LogP contribution in [0, 0.1) is 0 Å². The summed E-state index contributed by atoms with van der Waals surface area (Å²) < 4.78 is 1.35. The molecule has 2 unspecified atom stereocenters. The average molecular weight is 486 g/mol. The maximum Gasteiger partial charge on any atom is 0.294 e. The van der Waals surface area contributed by atoms with E-state index in [0.29, 0.717) is 12.2 Å². The van der Waals surface area contributed by atoms with Crippen molar-refractivity contribution in [3.63, 3.8) is 0 Å². The van der Waals surface area contributed by atoms with Crippen molar-refractivity contribution in [2.24, 2.45) is 0 Å². The number of anilines is 1. The molecule has 0 bridgehead atoms. The van der Waals surface area contributed by atoms with E-state index in [9.17, 15) is 14.4 Å². The third-order valence-electron chi connectivity index (χ3n) is 4.98. The molecule has 0 radical (unpaired) electrons. The van der Waals surface area contributed by atoms with Gasteiger partial charge in [-0.3, -0.25) is 19.0 Å². The molecule has 0 fully saturated rings. The lowest BCUT2D eigenvalue weighted by Crippen LogP contribution is -2.40. The van der Waals surface area contributed by atoms with E-state index in [1.807, 2.05) is 49.6 Å². The second kappa shape index (κ2) is 12.3. The number of nitrogens with one attached hydrogen (secondary N) is 2. The van der Waals surface area contributed by atoms with Crippen LogP contribution in [0.15, 0.2) is 58.4 Å². The number of ketones is 1. The molecule has 0 saturated heterocycles. The second-order valence-electron chi connectivity index (χ2n) is 7.43. The fraction of sp³-hybridized carbons (Fsp3) is 0.348. The molecule has 2 atom stereocenters. The number of carbonyl (C=O) groups excluding carboxylic acids is 2. The third kappa shape index (κ3) is 7.00. The van der Waals surface area contributed by atoms with E-state index in [2.05, 4.69) is 20.6 Å². The van der Waals surface area contributed by atoms with Gasteiger partial charge in [-0.2, -0.15) is 0 Å². The molecule has 2 N–H and O–H groups in total. The summed E-state index contributed by atoms with van der Waals surface area (Å²) in [5.74, 6) is 0.757. The number of thioether (sulfide) groups is 1. The van der Waals surface area contributed by atoms with Crippen LogP contribution in [0.1, 0.15) is 43.6 Å². The fourth-order valence-corrected chi connectivity index (χ4v) is 4.71. The van der Waals surface area contributed by atoms with Gasteiger partial charge in [0.1, 0.15) is 6.04 Å². The highest BCUT2D eigenvalue weighted by Crippen LogP contribution is 2.17. The van der Waals surface area contributed by atoms with Gasteiger partial charge in [-0.05, 0) is 18.9 Å². The predicted octanol–water partition coefficient (Wildman–Crippen LogP) is 3.44. The van der Waals surface area contributed by atoms with E-state index in [1.165, 1.54) is 40.1 Å². The van der Waals surface area contributed by atoms with Crippen molar-refractivity contribution in [2.75, 3.05) is 17.6 Å². The van der Waals surface area contributed by atoms with Crippen molar-refractivity contribution >= 4 is 40.6 Å². The first-order chi connectivity index (χ1) is 16.0. The molecule has 3 aromatic rings. The quantitative estimate of drug-likeness (QED) is 0.405. The maximum atomic E-state index is 13.0. The largest absolute Gasteiger partial charge is 0.357 e. The van der Waals surface area contributed by atoms with Crippen LogP contribution in [0.5, 0.6) is 0 Å². The zero-order valence-corrected chi connectivity index (χ0v) is 20.2. The minimum atomic E-state index is -0.736. The fourth-order valence-electron chi connectivity index (χ4n) is 3.20. The van der Waals surface area contributed by atoms with E-state index in [1.54, 1.807) is 5.51 Å². The molecule has 33 heavy (non-hydrogen) atoms. The van der Waals surface area contributed by atoms with E-state index in [0.717, 1.165) is 17.0 Å². The standard InChI is InChI=1S/C23H27N5O3S2/c1-3-20(22(30)25-11-18(29)13-32-12-17-7-5-4-6-8-17)28-10-9-24-21(23(28)31)27-16(2)19-14-33-15-26-19/h4-10,14-16,20H,3,11-13H2,1-2H3,(H,24,27)(H,25,30). The Kier molecular flexibility index (Phi) is 9.20. The number of hydrogen-bond donors (Lipinski definition) is 2. The summed E-state index contributed by atoms with van der Waals surface area (Å²) in [6, 6.07) is 8.96. The van der Waals surface area contributed by atoms with Crippen molar-refractivity contribution in [3.8, 4) is 0 Å². The molecule has 3 rings (SSSR count). The zero-order valence-electron chi connectivity index (χ0n) is 18.6. The van der Waals surface area contributed by atoms with Crippen LogP contribution in [0.4, 0.5) is 5.82 Å². The summed E-state index contributed by atoms with van der Waals surface area (Å²) in [4.78, 5) is 46.3. The number of amides is 1. The first-order valence-corrected chi connectivity index (χ1v) is 12.7. The van der Waals surface area contributed by atoms with E-state index in [4.69, 9.17) is 0 Å². The van der Waals surface area contributed by atoms with Crippen LogP contribution in [0.3, 0.4) is 0 Å². The van der Waals surface area contributed by atoms with Gasteiger partial charge in [-0.25, -0.2) is 9.97 Å². The Hall–Kier alpha value is -2.98. The van der Waals surface area contributed by atoms with Crippen LogP contribution in [0.2, 0.25) is 0 Å². The average Bonchev–Trinajstić information content (AvgIpc) is 3.36. The molecule has 10 heteroatoms. The molecule has 2 aromatic heterocycles. The van der Waals surface area contributed by atoms with Gasteiger partial charge in [0.05, 0.1) is 29.5 Å². The monoisotopic (exact) mass is 485 g/mol. The molecule has 1 aromatic carbocycles. The number of Topliss-reactive ketones (excluding diaryl/α,β-unsaturated/α-hetero) is 1. The number of nitrogens with zero attached hydrogens (tertiary/aromatic N) is 3. The normalized spacial score (nSPS) is 12.7. The summed E-state index contributed by atoms with van der Waals surface area (Å²) in [6.45, 7) is 3.64. The minimum Gasteiger partial charge on any atom is -0.357 e. The Bertz CT molecular complexity index is 1100. The summed E-state index contributed by atoms with van der Waals surface area (Å²) in [5, 5.41) is 7.65. The molecule has 0 aliphatic rings. The lowest BCUT2D eigenvalue weighted by Gasteiger charge is -2.19. The van der Waals surface area contributed by atoms with Crippen molar-refractivity contribution in [3.05, 3.63) is 75.2 Å². The Labute approximate surface area is 200 Å². The number of aromatic nitrogens is 3. The second-order valence-corrected chi connectivity index (χ2v) is 9.13. The molecule has 174 valence electrons. The number of rotatable bonds is 12. The Morgan fingerprint density at radius 3 is 2.70 bits per heavy atom. The van der Waals surface area contributed by atoms with Crippen LogP contribution in [-0.4, -0.2) is 38.5 Å². The van der Waals surface area contributed by atoms with E-state index >= 15 is 0 Å². The Morgan fingerprint density at radius 1 is 1.21 bits per heavy atom. The molecule has 1 amide bonds. The minimum absolute atomic E-state index is 0.0665. The van der Waals surface area contributed by atoms with Crippen LogP contribution in [0.25, 0.3) is 0 Å². The van der Waals surface area contributed by atoms with Crippen molar-refractivity contribution in [2.45, 2.75) is 38.1 Å².